The Bertz CT molecular complexity index is 231. The normalized spacial score (nSPS) is 8.92. The Kier molecular flexibility index (Phi) is 4.62. The van der Waals surface area contributed by atoms with E-state index in [0.29, 0.717) is 12.4 Å². The van der Waals surface area contributed by atoms with Crippen LogP contribution in [0.3, 0.4) is 0 Å². The second-order valence-corrected chi connectivity index (χ2v) is 2.36. The van der Waals surface area contributed by atoms with E-state index in [0.717, 1.165) is 11.3 Å². The van der Waals surface area contributed by atoms with Crippen molar-refractivity contribution in [2.75, 3.05) is 7.11 Å². The number of nitrogens with zero attached hydrogens (tertiary/aromatic N) is 1. The zero-order valence-electron chi connectivity index (χ0n) is 7.20. The van der Waals surface area contributed by atoms with Crippen molar-refractivity contribution in [2.45, 2.75) is 13.5 Å². The van der Waals surface area contributed by atoms with Crippen molar-refractivity contribution < 1.29 is 4.74 Å². The number of methoxy groups -OCH3 is 1. The van der Waals surface area contributed by atoms with Crippen LogP contribution in [-0.2, 0) is 6.54 Å². The fraction of sp³-hybridized carbons (Fsp3) is 0.375. The molecule has 1 aromatic heterocycles. The van der Waals surface area contributed by atoms with Gasteiger partial charge >= 0.3 is 0 Å². The minimum absolute atomic E-state index is 0. The lowest BCUT2D eigenvalue weighted by Crippen LogP contribution is -1.99. The van der Waals surface area contributed by atoms with E-state index in [1.807, 2.05) is 19.1 Å². The topological polar surface area (TPSA) is 48.1 Å². The molecule has 1 heterocycles. The van der Waals surface area contributed by atoms with Gasteiger partial charge in [-0.15, -0.1) is 12.4 Å². The molecule has 0 fully saturated rings. The summed E-state index contributed by atoms with van der Waals surface area (Å²) in [5.74, 6) is 0.630. The average Bonchev–Trinajstić information content (AvgIpc) is 2.03. The molecule has 0 saturated carbocycles. The average molecular weight is 189 g/mol. The zero-order valence-corrected chi connectivity index (χ0v) is 8.02. The van der Waals surface area contributed by atoms with E-state index in [1.165, 1.54) is 0 Å². The molecular weight excluding hydrogens is 176 g/mol. The summed E-state index contributed by atoms with van der Waals surface area (Å²) in [6.07, 6.45) is 0. The molecule has 1 rings (SSSR count). The number of rotatable bonds is 2. The predicted molar refractivity (Wildman–Crippen MR) is 50.7 cm³/mol. The Morgan fingerprint density at radius 3 is 2.67 bits per heavy atom. The highest BCUT2D eigenvalue weighted by molar-refractivity contribution is 5.85. The Morgan fingerprint density at radius 2 is 2.17 bits per heavy atom. The molecule has 2 N–H and O–H groups in total. The number of hydrogen-bond donors (Lipinski definition) is 1. The molecule has 0 unspecified atom stereocenters. The van der Waals surface area contributed by atoms with Crippen LogP contribution in [0.1, 0.15) is 11.3 Å². The van der Waals surface area contributed by atoms with Gasteiger partial charge in [-0.2, -0.15) is 0 Å². The Morgan fingerprint density at radius 1 is 1.50 bits per heavy atom. The van der Waals surface area contributed by atoms with Crippen LogP contribution in [0.15, 0.2) is 12.1 Å². The van der Waals surface area contributed by atoms with E-state index in [2.05, 4.69) is 4.98 Å². The van der Waals surface area contributed by atoms with E-state index in [-0.39, 0.29) is 12.4 Å². The first-order valence-corrected chi connectivity index (χ1v) is 3.48. The zero-order chi connectivity index (χ0) is 8.27. The summed E-state index contributed by atoms with van der Waals surface area (Å²) in [7, 11) is 1.60. The van der Waals surface area contributed by atoms with Crippen molar-refractivity contribution in [2.24, 2.45) is 5.73 Å². The monoisotopic (exact) mass is 188 g/mol. The summed E-state index contributed by atoms with van der Waals surface area (Å²) < 4.78 is 4.97. The van der Waals surface area contributed by atoms with Gasteiger partial charge in [0.25, 0.3) is 0 Å². The maximum atomic E-state index is 5.46. The van der Waals surface area contributed by atoms with Crippen molar-refractivity contribution >= 4 is 12.4 Å². The van der Waals surface area contributed by atoms with Gasteiger partial charge in [0, 0.05) is 18.3 Å². The largest absolute Gasteiger partial charge is 0.481 e. The van der Waals surface area contributed by atoms with Crippen LogP contribution < -0.4 is 10.5 Å². The third kappa shape index (κ3) is 2.68. The van der Waals surface area contributed by atoms with Gasteiger partial charge in [0.05, 0.1) is 7.11 Å². The number of pyridine rings is 1. The molecule has 0 spiro atoms. The summed E-state index contributed by atoms with van der Waals surface area (Å²) >= 11 is 0. The van der Waals surface area contributed by atoms with E-state index in [9.17, 15) is 0 Å². The van der Waals surface area contributed by atoms with E-state index >= 15 is 0 Å². The second-order valence-electron chi connectivity index (χ2n) is 2.36. The summed E-state index contributed by atoms with van der Waals surface area (Å²) in [6.45, 7) is 2.45. The summed E-state index contributed by atoms with van der Waals surface area (Å²) in [6, 6.07) is 3.79. The van der Waals surface area contributed by atoms with Gasteiger partial charge in [-0.3, -0.25) is 0 Å². The predicted octanol–water partition coefficient (Wildman–Crippen LogP) is 1.28. The number of halogens is 1. The number of ether oxygens (including phenoxy) is 1. The van der Waals surface area contributed by atoms with Crippen LogP contribution in [0.2, 0.25) is 0 Å². The molecular formula is C8H13ClN2O. The molecule has 0 saturated heterocycles. The van der Waals surface area contributed by atoms with Crippen LogP contribution >= 0.6 is 12.4 Å². The van der Waals surface area contributed by atoms with Gasteiger partial charge in [0.1, 0.15) is 0 Å². The maximum absolute atomic E-state index is 5.46. The molecule has 4 heteroatoms. The third-order valence-electron chi connectivity index (χ3n) is 1.43. The van der Waals surface area contributed by atoms with E-state index in [4.69, 9.17) is 10.5 Å². The van der Waals surface area contributed by atoms with Gasteiger partial charge < -0.3 is 10.5 Å². The van der Waals surface area contributed by atoms with Crippen LogP contribution in [0, 0.1) is 6.92 Å². The van der Waals surface area contributed by atoms with Gasteiger partial charge in [0.15, 0.2) is 0 Å². The molecule has 0 aliphatic rings. The first kappa shape index (κ1) is 11.2. The summed E-state index contributed by atoms with van der Waals surface area (Å²) in [5, 5.41) is 0. The Balaban J connectivity index is 0.00000121. The lowest BCUT2D eigenvalue weighted by atomic mass is 10.2. The lowest BCUT2D eigenvalue weighted by Gasteiger charge is -2.02. The highest BCUT2D eigenvalue weighted by atomic mass is 35.5. The molecule has 12 heavy (non-hydrogen) atoms. The first-order valence-electron chi connectivity index (χ1n) is 3.48. The van der Waals surface area contributed by atoms with Crippen molar-refractivity contribution in [1.82, 2.24) is 4.98 Å². The SMILES string of the molecule is COc1cc(CN)cc(C)n1.Cl. The minimum atomic E-state index is 0. The molecule has 3 nitrogen and oxygen atoms in total. The van der Waals surface area contributed by atoms with Gasteiger partial charge in [-0.25, -0.2) is 4.98 Å². The number of aromatic nitrogens is 1. The van der Waals surface area contributed by atoms with Crippen LogP contribution in [0.5, 0.6) is 5.88 Å². The summed E-state index contributed by atoms with van der Waals surface area (Å²) in [5.41, 5.74) is 7.44. The molecule has 0 amide bonds. The molecule has 0 aliphatic heterocycles. The van der Waals surface area contributed by atoms with Gasteiger partial charge in [0.2, 0.25) is 5.88 Å². The van der Waals surface area contributed by atoms with Crippen molar-refractivity contribution in [3.05, 3.63) is 23.4 Å². The quantitative estimate of drug-likeness (QED) is 0.761. The van der Waals surface area contributed by atoms with Crippen molar-refractivity contribution in [3.63, 3.8) is 0 Å². The molecule has 0 radical (unpaired) electrons. The molecule has 0 aliphatic carbocycles. The number of nitrogens with two attached hydrogens (primary N) is 1. The third-order valence-corrected chi connectivity index (χ3v) is 1.43. The standard InChI is InChI=1S/C8H12N2O.ClH/c1-6-3-7(5-9)4-8(10-6)11-2;/h3-4H,5,9H2,1-2H3;1H. The number of aryl methyl sites for hydroxylation is 1. The van der Waals surface area contributed by atoms with Crippen LogP contribution in [0.25, 0.3) is 0 Å². The first-order chi connectivity index (χ1) is 5.26. The molecule has 0 bridgehead atoms. The highest BCUT2D eigenvalue weighted by Crippen LogP contribution is 2.10. The highest BCUT2D eigenvalue weighted by Gasteiger charge is 1.96. The van der Waals surface area contributed by atoms with Crippen LogP contribution in [-0.4, -0.2) is 12.1 Å². The second kappa shape index (κ2) is 4.95. The van der Waals surface area contributed by atoms with Crippen LogP contribution in [0.4, 0.5) is 0 Å². The van der Waals surface area contributed by atoms with Gasteiger partial charge in [-0.1, -0.05) is 0 Å². The maximum Gasteiger partial charge on any atom is 0.213 e. The van der Waals surface area contributed by atoms with Gasteiger partial charge in [-0.05, 0) is 18.6 Å². The summed E-state index contributed by atoms with van der Waals surface area (Å²) in [4.78, 5) is 4.12. The molecule has 0 atom stereocenters. The fourth-order valence-electron chi connectivity index (χ4n) is 0.929. The Labute approximate surface area is 78.4 Å². The smallest absolute Gasteiger partial charge is 0.213 e. The lowest BCUT2D eigenvalue weighted by molar-refractivity contribution is 0.396. The van der Waals surface area contributed by atoms with Crippen molar-refractivity contribution in [1.29, 1.82) is 0 Å². The molecule has 1 aromatic rings. The van der Waals surface area contributed by atoms with E-state index in [1.54, 1.807) is 7.11 Å². The fourth-order valence-corrected chi connectivity index (χ4v) is 0.929. The Hall–Kier alpha value is -0.800. The van der Waals surface area contributed by atoms with Crippen molar-refractivity contribution in [3.8, 4) is 5.88 Å². The molecule has 68 valence electrons. The molecule has 0 aromatic carbocycles. The number of hydrogen-bond acceptors (Lipinski definition) is 3. The minimum Gasteiger partial charge on any atom is -0.481 e. The van der Waals surface area contributed by atoms with E-state index < -0.39 is 0 Å².